The monoisotopic (exact) mass is 153 g/mol. The van der Waals surface area contributed by atoms with Gasteiger partial charge in [0.25, 0.3) is 0 Å². The molecular weight excluding hydrogens is 146 g/mol. The van der Waals surface area contributed by atoms with Crippen LogP contribution in [0.3, 0.4) is 0 Å². The number of hydrogen-bond acceptors (Lipinski definition) is 0. The van der Waals surface area contributed by atoms with Crippen LogP contribution in [0.25, 0.3) is 0 Å². The molecule has 0 aliphatic rings. The van der Waals surface area contributed by atoms with E-state index in [0.29, 0.717) is 5.88 Å². The summed E-state index contributed by atoms with van der Waals surface area (Å²) in [5.74, 6) is 6.46. The number of aromatic amines is 1. The van der Waals surface area contributed by atoms with Crippen LogP contribution in [0, 0.1) is 11.8 Å². The molecular formula is C8H8ClN. The van der Waals surface area contributed by atoms with Gasteiger partial charge in [0.1, 0.15) is 0 Å². The molecule has 1 aromatic heterocycles. The first kappa shape index (κ1) is 7.24. The Bertz CT molecular complexity index is 228. The first-order chi connectivity index (χ1) is 4.93. The average Bonchev–Trinajstić information content (AvgIpc) is 2.41. The Hall–Kier alpha value is -0.870. The first-order valence-corrected chi connectivity index (χ1v) is 3.65. The van der Waals surface area contributed by atoms with Crippen LogP contribution in [0.1, 0.15) is 12.1 Å². The zero-order chi connectivity index (χ0) is 7.23. The second kappa shape index (κ2) is 4.03. The summed E-state index contributed by atoms with van der Waals surface area (Å²) < 4.78 is 0. The predicted molar refractivity (Wildman–Crippen MR) is 43.0 cm³/mol. The van der Waals surface area contributed by atoms with Gasteiger partial charge in [0.05, 0.1) is 5.69 Å². The Morgan fingerprint density at radius 1 is 1.60 bits per heavy atom. The third-order valence-corrected chi connectivity index (χ3v) is 1.23. The summed E-state index contributed by atoms with van der Waals surface area (Å²) in [5, 5.41) is 0. The number of aromatic nitrogens is 1. The fourth-order valence-corrected chi connectivity index (χ4v) is 0.708. The molecule has 1 N–H and O–H groups in total. The molecule has 2 heteroatoms. The lowest BCUT2D eigenvalue weighted by Crippen LogP contribution is -1.71. The molecule has 0 spiro atoms. The molecule has 1 heterocycles. The van der Waals surface area contributed by atoms with E-state index in [4.69, 9.17) is 11.6 Å². The lowest BCUT2D eigenvalue weighted by molar-refractivity contribution is 1.28. The second-order valence-corrected chi connectivity index (χ2v) is 2.20. The van der Waals surface area contributed by atoms with Crippen molar-refractivity contribution in [2.75, 3.05) is 5.88 Å². The highest BCUT2D eigenvalue weighted by Gasteiger charge is 1.80. The number of alkyl halides is 1. The topological polar surface area (TPSA) is 15.8 Å². The van der Waals surface area contributed by atoms with Crippen molar-refractivity contribution >= 4 is 11.6 Å². The van der Waals surface area contributed by atoms with E-state index in [1.54, 1.807) is 0 Å². The number of nitrogens with one attached hydrogen (secondary N) is 1. The fraction of sp³-hybridized carbons (Fsp3) is 0.250. The van der Waals surface area contributed by atoms with Gasteiger partial charge < -0.3 is 4.98 Å². The quantitative estimate of drug-likeness (QED) is 0.469. The Balaban J connectivity index is 2.49. The summed E-state index contributed by atoms with van der Waals surface area (Å²) in [6, 6.07) is 3.85. The smallest absolute Gasteiger partial charge is 0.0893 e. The van der Waals surface area contributed by atoms with Crippen molar-refractivity contribution in [2.24, 2.45) is 0 Å². The summed E-state index contributed by atoms with van der Waals surface area (Å²) in [6.07, 6.45) is 2.60. The molecule has 0 bridgehead atoms. The van der Waals surface area contributed by atoms with Crippen LogP contribution >= 0.6 is 11.6 Å². The van der Waals surface area contributed by atoms with E-state index in [9.17, 15) is 0 Å². The number of rotatable bonds is 1. The van der Waals surface area contributed by atoms with E-state index >= 15 is 0 Å². The van der Waals surface area contributed by atoms with E-state index in [0.717, 1.165) is 12.1 Å². The van der Waals surface area contributed by atoms with Crippen LogP contribution in [0.4, 0.5) is 0 Å². The van der Waals surface area contributed by atoms with Crippen molar-refractivity contribution in [3.8, 4) is 11.8 Å². The van der Waals surface area contributed by atoms with Crippen LogP contribution in [0.5, 0.6) is 0 Å². The molecule has 0 atom stereocenters. The lowest BCUT2D eigenvalue weighted by Gasteiger charge is -1.77. The molecule has 10 heavy (non-hydrogen) atoms. The molecule has 1 aromatic rings. The maximum Gasteiger partial charge on any atom is 0.0893 e. The first-order valence-electron chi connectivity index (χ1n) is 3.11. The molecule has 0 saturated heterocycles. The minimum absolute atomic E-state index is 0.605. The molecule has 1 rings (SSSR count). The van der Waals surface area contributed by atoms with Crippen molar-refractivity contribution in [3.05, 3.63) is 24.0 Å². The Morgan fingerprint density at radius 2 is 2.50 bits per heavy atom. The normalized spacial score (nSPS) is 8.50. The van der Waals surface area contributed by atoms with Crippen LogP contribution in [-0.4, -0.2) is 10.9 Å². The number of hydrogen-bond donors (Lipinski definition) is 1. The van der Waals surface area contributed by atoms with Gasteiger partial charge in [-0.1, -0.05) is 5.92 Å². The van der Waals surface area contributed by atoms with E-state index in [1.165, 1.54) is 0 Å². The average molecular weight is 154 g/mol. The molecule has 0 aliphatic carbocycles. The van der Waals surface area contributed by atoms with Crippen LogP contribution in [0.15, 0.2) is 18.3 Å². The van der Waals surface area contributed by atoms with E-state index in [2.05, 4.69) is 16.8 Å². The summed E-state index contributed by atoms with van der Waals surface area (Å²) in [4.78, 5) is 2.98. The third kappa shape index (κ3) is 2.16. The summed E-state index contributed by atoms with van der Waals surface area (Å²) >= 11 is 5.43. The lowest BCUT2D eigenvalue weighted by atomic mass is 10.4. The van der Waals surface area contributed by atoms with Gasteiger partial charge in [0.2, 0.25) is 0 Å². The minimum Gasteiger partial charge on any atom is -0.355 e. The Morgan fingerprint density at radius 3 is 3.10 bits per heavy atom. The zero-order valence-corrected chi connectivity index (χ0v) is 6.28. The van der Waals surface area contributed by atoms with E-state index in [1.807, 2.05) is 18.3 Å². The zero-order valence-electron chi connectivity index (χ0n) is 5.52. The van der Waals surface area contributed by atoms with Crippen molar-refractivity contribution in [1.29, 1.82) is 0 Å². The van der Waals surface area contributed by atoms with Gasteiger partial charge in [-0.05, 0) is 18.1 Å². The maximum atomic E-state index is 5.43. The van der Waals surface area contributed by atoms with Crippen LogP contribution in [-0.2, 0) is 0 Å². The summed E-state index contributed by atoms with van der Waals surface area (Å²) in [7, 11) is 0. The standard InChI is InChI=1S/C8H8ClN/c9-6-2-1-4-8-5-3-7-10-8/h3,5,7,10H,2,6H2. The Labute approximate surface area is 65.4 Å². The molecule has 0 aromatic carbocycles. The van der Waals surface area contributed by atoms with Gasteiger partial charge in [-0.3, -0.25) is 0 Å². The van der Waals surface area contributed by atoms with Crippen molar-refractivity contribution in [1.82, 2.24) is 4.98 Å². The molecule has 0 radical (unpaired) electrons. The second-order valence-electron chi connectivity index (χ2n) is 1.82. The molecule has 0 fully saturated rings. The highest BCUT2D eigenvalue weighted by molar-refractivity contribution is 6.18. The van der Waals surface area contributed by atoms with Crippen molar-refractivity contribution in [3.63, 3.8) is 0 Å². The van der Waals surface area contributed by atoms with Crippen LogP contribution < -0.4 is 0 Å². The minimum atomic E-state index is 0.605. The Kier molecular flexibility index (Phi) is 2.92. The molecule has 0 unspecified atom stereocenters. The number of halogens is 1. The highest BCUT2D eigenvalue weighted by atomic mass is 35.5. The SMILES string of the molecule is ClCCC#Cc1ccc[nH]1. The van der Waals surface area contributed by atoms with E-state index in [-0.39, 0.29) is 0 Å². The molecule has 0 amide bonds. The summed E-state index contributed by atoms with van der Waals surface area (Å²) in [5.41, 5.74) is 0.949. The van der Waals surface area contributed by atoms with Gasteiger partial charge in [-0.15, -0.1) is 11.6 Å². The van der Waals surface area contributed by atoms with Gasteiger partial charge in [-0.25, -0.2) is 0 Å². The summed E-state index contributed by atoms with van der Waals surface area (Å²) in [6.45, 7) is 0. The largest absolute Gasteiger partial charge is 0.355 e. The van der Waals surface area contributed by atoms with Gasteiger partial charge in [0, 0.05) is 18.5 Å². The fourth-order valence-electron chi connectivity index (χ4n) is 0.613. The highest BCUT2D eigenvalue weighted by Crippen LogP contribution is 1.90. The maximum absolute atomic E-state index is 5.43. The predicted octanol–water partition coefficient (Wildman–Crippen LogP) is 2.00. The van der Waals surface area contributed by atoms with E-state index < -0.39 is 0 Å². The van der Waals surface area contributed by atoms with Gasteiger partial charge in [-0.2, -0.15) is 0 Å². The number of H-pyrrole nitrogens is 1. The molecule has 52 valence electrons. The van der Waals surface area contributed by atoms with Crippen molar-refractivity contribution in [2.45, 2.75) is 6.42 Å². The van der Waals surface area contributed by atoms with Gasteiger partial charge >= 0.3 is 0 Å². The molecule has 0 saturated carbocycles. The molecule has 0 aliphatic heterocycles. The van der Waals surface area contributed by atoms with Gasteiger partial charge in [0.15, 0.2) is 0 Å². The third-order valence-electron chi connectivity index (χ3n) is 1.04. The molecule has 1 nitrogen and oxygen atoms in total. The van der Waals surface area contributed by atoms with Crippen LogP contribution in [0.2, 0.25) is 0 Å². The van der Waals surface area contributed by atoms with Crippen molar-refractivity contribution < 1.29 is 0 Å².